The molecule has 8 nitrogen and oxygen atoms in total. The highest BCUT2D eigenvalue weighted by Crippen LogP contribution is 2.33. The van der Waals surface area contributed by atoms with Gasteiger partial charge in [0.25, 0.3) is 0 Å². The van der Waals surface area contributed by atoms with Gasteiger partial charge in [0.15, 0.2) is 5.65 Å². The van der Waals surface area contributed by atoms with Crippen molar-refractivity contribution in [3.8, 4) is 5.75 Å². The minimum atomic E-state index is 0.591. The Kier molecular flexibility index (Phi) is 5.97. The van der Waals surface area contributed by atoms with Crippen molar-refractivity contribution < 1.29 is 4.74 Å². The minimum absolute atomic E-state index is 0.591. The molecule has 0 saturated carbocycles. The van der Waals surface area contributed by atoms with Crippen LogP contribution in [0.25, 0.3) is 11.0 Å². The van der Waals surface area contributed by atoms with Gasteiger partial charge in [0.05, 0.1) is 18.2 Å². The number of aliphatic imine (C=N–C) groups is 1. The average Bonchev–Trinajstić information content (AvgIpc) is 3.11. The Bertz CT molecular complexity index is 1130. The molecule has 160 valence electrons. The molecule has 0 fully saturated rings. The first-order chi connectivity index (χ1) is 15.1. The Morgan fingerprint density at radius 1 is 1.29 bits per heavy atom. The van der Waals surface area contributed by atoms with Gasteiger partial charge in [0.2, 0.25) is 5.95 Å². The van der Waals surface area contributed by atoms with E-state index >= 15 is 0 Å². The number of aryl methyl sites for hydroxylation is 1. The Hall–Kier alpha value is -3.68. The molecule has 1 N–H and O–H groups in total. The van der Waals surface area contributed by atoms with Crippen LogP contribution in [-0.4, -0.2) is 46.7 Å². The number of hydrogen-bond acceptors (Lipinski definition) is 7. The Labute approximate surface area is 182 Å². The number of aromatic nitrogens is 4. The predicted octanol–water partition coefficient (Wildman–Crippen LogP) is 3.51. The summed E-state index contributed by atoms with van der Waals surface area (Å²) in [6, 6.07) is 8.15. The van der Waals surface area contributed by atoms with E-state index in [0.29, 0.717) is 12.5 Å². The van der Waals surface area contributed by atoms with Gasteiger partial charge in [0, 0.05) is 39.3 Å². The molecule has 1 aliphatic heterocycles. The molecule has 0 radical (unpaired) electrons. The van der Waals surface area contributed by atoms with Gasteiger partial charge in [-0.1, -0.05) is 24.8 Å². The average molecular weight is 418 g/mol. The monoisotopic (exact) mass is 417 g/mol. The smallest absolute Gasteiger partial charge is 0.226 e. The topological polar surface area (TPSA) is 80.5 Å². The summed E-state index contributed by atoms with van der Waals surface area (Å²) in [5.41, 5.74) is 4.11. The van der Waals surface area contributed by atoms with Gasteiger partial charge in [-0.25, -0.2) is 4.68 Å². The lowest BCUT2D eigenvalue weighted by Gasteiger charge is -2.28. The van der Waals surface area contributed by atoms with Crippen molar-refractivity contribution >= 4 is 29.5 Å². The van der Waals surface area contributed by atoms with E-state index in [1.54, 1.807) is 19.4 Å². The zero-order valence-electron chi connectivity index (χ0n) is 18.0. The minimum Gasteiger partial charge on any atom is -0.497 e. The number of benzene rings is 1. The second-order valence-corrected chi connectivity index (χ2v) is 7.43. The molecular weight excluding hydrogens is 390 g/mol. The van der Waals surface area contributed by atoms with Gasteiger partial charge in [-0.2, -0.15) is 15.1 Å². The third-order valence-corrected chi connectivity index (χ3v) is 5.40. The predicted molar refractivity (Wildman–Crippen MR) is 125 cm³/mol. The molecule has 2 aromatic heterocycles. The van der Waals surface area contributed by atoms with Gasteiger partial charge >= 0.3 is 0 Å². The summed E-state index contributed by atoms with van der Waals surface area (Å²) < 4.78 is 7.12. The van der Waals surface area contributed by atoms with Crippen molar-refractivity contribution in [3.63, 3.8) is 0 Å². The Morgan fingerprint density at radius 2 is 2.10 bits per heavy atom. The number of ether oxygens (including phenoxy) is 1. The Balaban J connectivity index is 1.61. The number of nitrogens with one attached hydrogen (secondary N) is 1. The lowest BCUT2D eigenvalue weighted by molar-refractivity contribution is 0.414. The number of methoxy groups -OCH3 is 1. The Morgan fingerprint density at radius 3 is 2.81 bits per heavy atom. The second kappa shape index (κ2) is 8.99. The number of rotatable bonds is 9. The highest BCUT2D eigenvalue weighted by atomic mass is 16.5. The number of hydrogen-bond donors (Lipinski definition) is 1. The highest BCUT2D eigenvalue weighted by molar-refractivity contribution is 5.92. The fourth-order valence-corrected chi connectivity index (χ4v) is 3.80. The zero-order chi connectivity index (χ0) is 21.8. The van der Waals surface area contributed by atoms with E-state index in [-0.39, 0.29) is 0 Å². The molecular formula is C23H27N7O. The first kappa shape index (κ1) is 20.6. The third-order valence-electron chi connectivity index (χ3n) is 5.40. The van der Waals surface area contributed by atoms with E-state index in [2.05, 4.69) is 45.7 Å². The normalized spacial score (nSPS) is 13.4. The summed E-state index contributed by atoms with van der Waals surface area (Å²) in [5.74, 6) is 2.37. The van der Waals surface area contributed by atoms with E-state index in [9.17, 15) is 0 Å². The van der Waals surface area contributed by atoms with Gasteiger partial charge in [-0.3, -0.25) is 4.99 Å². The quantitative estimate of drug-likeness (QED) is 0.424. The summed E-state index contributed by atoms with van der Waals surface area (Å²) >= 11 is 0. The lowest BCUT2D eigenvalue weighted by Crippen LogP contribution is -2.29. The van der Waals surface area contributed by atoms with E-state index in [1.807, 2.05) is 23.9 Å². The molecule has 0 saturated heterocycles. The molecule has 1 aliphatic rings. The summed E-state index contributed by atoms with van der Waals surface area (Å²) in [6.45, 7) is 9.60. The van der Waals surface area contributed by atoms with Crippen LogP contribution in [0.3, 0.4) is 0 Å². The summed E-state index contributed by atoms with van der Waals surface area (Å²) in [7, 11) is 3.61. The molecule has 1 aromatic carbocycles. The van der Waals surface area contributed by atoms with Crippen LogP contribution < -0.4 is 15.0 Å². The second-order valence-electron chi connectivity index (χ2n) is 7.43. The highest BCUT2D eigenvalue weighted by Gasteiger charge is 2.26. The number of nitrogens with zero attached hydrogens (tertiary/aromatic N) is 6. The molecule has 0 bridgehead atoms. The standard InChI is InChI=1S/C23H27N7O/c1-5-16(14-24-2)10-12-25-23-26-21-20-19(28-29(21)3)11-13-30(22(20)27-23)15-17-6-8-18(31-4)9-7-17/h5-9,14H,1-2,10-13,15H2,3-4H3,(H,25,26,27)/b16-14+. The van der Waals surface area contributed by atoms with E-state index in [4.69, 9.17) is 14.7 Å². The van der Waals surface area contributed by atoms with Crippen LogP contribution in [0.1, 0.15) is 17.7 Å². The van der Waals surface area contributed by atoms with Gasteiger partial charge < -0.3 is 15.0 Å². The first-order valence-corrected chi connectivity index (χ1v) is 10.3. The van der Waals surface area contributed by atoms with E-state index in [1.165, 1.54) is 5.56 Å². The summed E-state index contributed by atoms with van der Waals surface area (Å²) in [6.07, 6.45) is 5.13. The van der Waals surface area contributed by atoms with Crippen LogP contribution in [0.15, 0.2) is 53.7 Å². The molecule has 8 heteroatoms. The molecule has 3 aromatic rings. The van der Waals surface area contributed by atoms with Crippen LogP contribution in [0, 0.1) is 0 Å². The molecule has 3 heterocycles. The van der Waals surface area contributed by atoms with Crippen LogP contribution in [-0.2, 0) is 20.0 Å². The van der Waals surface area contributed by atoms with E-state index in [0.717, 1.165) is 59.8 Å². The lowest BCUT2D eigenvalue weighted by atomic mass is 10.1. The van der Waals surface area contributed by atoms with Crippen molar-refractivity contribution in [1.29, 1.82) is 0 Å². The number of anilines is 2. The molecule has 0 spiro atoms. The van der Waals surface area contributed by atoms with Crippen molar-refractivity contribution in [2.24, 2.45) is 12.0 Å². The van der Waals surface area contributed by atoms with Crippen LogP contribution in [0.5, 0.6) is 5.75 Å². The molecule has 31 heavy (non-hydrogen) atoms. The zero-order valence-corrected chi connectivity index (χ0v) is 18.0. The first-order valence-electron chi connectivity index (χ1n) is 10.3. The molecule has 0 unspecified atom stereocenters. The molecule has 0 aliphatic carbocycles. The van der Waals surface area contributed by atoms with Crippen molar-refractivity contribution in [2.45, 2.75) is 19.4 Å². The van der Waals surface area contributed by atoms with Gasteiger partial charge in [-0.15, -0.1) is 0 Å². The van der Waals surface area contributed by atoms with E-state index < -0.39 is 0 Å². The van der Waals surface area contributed by atoms with Crippen LogP contribution in [0.2, 0.25) is 0 Å². The SMILES string of the molecule is C=C/C(=C\N=C)CCNc1nc2c3c(nn(C)c3n1)CCN2Cc1ccc(OC)cc1. The van der Waals surface area contributed by atoms with Gasteiger partial charge in [-0.05, 0) is 36.4 Å². The van der Waals surface area contributed by atoms with Crippen LogP contribution in [0.4, 0.5) is 11.8 Å². The fraction of sp³-hybridized carbons (Fsp3) is 0.304. The summed E-state index contributed by atoms with van der Waals surface area (Å²) in [5, 5.41) is 9.05. The maximum absolute atomic E-state index is 5.28. The maximum Gasteiger partial charge on any atom is 0.226 e. The molecule has 4 rings (SSSR count). The van der Waals surface area contributed by atoms with Crippen molar-refractivity contribution in [1.82, 2.24) is 19.7 Å². The van der Waals surface area contributed by atoms with Gasteiger partial charge in [0.1, 0.15) is 11.6 Å². The molecule has 0 amide bonds. The number of allylic oxidation sites excluding steroid dienone is 1. The van der Waals surface area contributed by atoms with Crippen LogP contribution >= 0.6 is 0 Å². The fourth-order valence-electron chi connectivity index (χ4n) is 3.80. The van der Waals surface area contributed by atoms with Crippen molar-refractivity contribution in [3.05, 3.63) is 60.0 Å². The maximum atomic E-state index is 5.28. The molecule has 0 atom stereocenters. The summed E-state index contributed by atoms with van der Waals surface area (Å²) in [4.78, 5) is 15.7. The van der Waals surface area contributed by atoms with Crippen molar-refractivity contribution in [2.75, 3.05) is 30.4 Å². The largest absolute Gasteiger partial charge is 0.497 e. The third kappa shape index (κ3) is 4.28.